The molecule has 1 aromatic rings. The van der Waals surface area contributed by atoms with E-state index in [9.17, 15) is 0 Å². The minimum absolute atomic E-state index is 1.04. The molecule has 1 aromatic heterocycles. The summed E-state index contributed by atoms with van der Waals surface area (Å²) in [4.78, 5) is 0. The molecule has 1 aliphatic rings. The second-order valence-electron chi connectivity index (χ2n) is 2.57. The van der Waals surface area contributed by atoms with Crippen LogP contribution in [0.25, 0.3) is 0 Å². The molecule has 0 N–H and O–H groups in total. The van der Waals surface area contributed by atoms with Gasteiger partial charge in [0.25, 0.3) is 0 Å². The highest BCUT2D eigenvalue weighted by molar-refractivity contribution is 8.17. The molecule has 1 atom stereocenters. The molecule has 1 unspecified atom stereocenters. The average Bonchev–Trinajstić information content (AvgIpc) is 2.58. The van der Waals surface area contributed by atoms with Gasteiger partial charge in [0.2, 0.25) is 0 Å². The van der Waals surface area contributed by atoms with Crippen LogP contribution in [-0.2, 0) is 0 Å². The fraction of sp³-hybridized carbons (Fsp3) is 0.667. The highest BCUT2D eigenvalue weighted by Gasteiger charge is 2.25. The molecule has 0 spiro atoms. The largest absolute Gasteiger partial charge is 0.0813 e. The molecular formula is C6H9P3. The van der Waals surface area contributed by atoms with Crippen LogP contribution < -0.4 is 0 Å². The maximum Gasteiger partial charge on any atom is -0.00573 e. The van der Waals surface area contributed by atoms with Gasteiger partial charge in [-0.2, -0.15) is 0 Å². The highest BCUT2D eigenvalue weighted by Crippen LogP contribution is 2.52. The Kier molecular flexibility index (Phi) is 1.66. The minimum Gasteiger partial charge on any atom is -0.0813 e. The molecule has 0 saturated heterocycles. The van der Waals surface area contributed by atoms with E-state index in [1.54, 1.807) is 26.3 Å². The second-order valence-corrected chi connectivity index (χ2v) is 8.11. The van der Waals surface area contributed by atoms with E-state index < -0.39 is 0 Å². The van der Waals surface area contributed by atoms with Gasteiger partial charge in [-0.1, -0.05) is 7.55 Å². The van der Waals surface area contributed by atoms with Crippen molar-refractivity contribution in [2.75, 3.05) is 0 Å². The summed E-state index contributed by atoms with van der Waals surface area (Å²) in [5.41, 5.74) is 0. The van der Waals surface area contributed by atoms with E-state index in [0.29, 0.717) is 0 Å². The predicted molar refractivity (Wildman–Crippen MR) is 47.7 cm³/mol. The topological polar surface area (TPSA) is 0 Å². The summed E-state index contributed by atoms with van der Waals surface area (Å²) in [5.74, 6) is 1.04. The first-order valence-electron chi connectivity index (χ1n) is 3.25. The monoisotopic (exact) mass is 174 g/mol. The number of hydrogen-bond donors (Lipinski definition) is 0. The standard InChI is InChI=1S/C6H9P3/c1-4-6(5-2-3-5)8-9-7-4/h5,9H,2-3H2,1H3. The molecule has 0 amide bonds. The molecule has 1 fully saturated rings. The van der Waals surface area contributed by atoms with Crippen LogP contribution >= 0.6 is 23.3 Å². The molecule has 9 heavy (non-hydrogen) atoms. The zero-order valence-corrected chi connectivity index (χ0v) is 8.17. The van der Waals surface area contributed by atoms with Crippen LogP contribution in [-0.4, -0.2) is 0 Å². The van der Waals surface area contributed by atoms with Crippen molar-refractivity contribution in [3.63, 3.8) is 0 Å². The smallest absolute Gasteiger partial charge is 0.00573 e. The first-order chi connectivity index (χ1) is 4.38. The lowest BCUT2D eigenvalue weighted by molar-refractivity contribution is 1.16. The molecule has 0 bridgehead atoms. The third kappa shape index (κ3) is 1.22. The van der Waals surface area contributed by atoms with Crippen LogP contribution in [0.2, 0.25) is 0 Å². The first-order valence-corrected chi connectivity index (χ1v) is 7.72. The zero-order chi connectivity index (χ0) is 6.27. The third-order valence-electron chi connectivity index (χ3n) is 1.72. The highest BCUT2D eigenvalue weighted by atomic mass is 32.1. The normalized spacial score (nSPS) is 21.0. The Balaban J connectivity index is 2.35. The van der Waals surface area contributed by atoms with Crippen LogP contribution in [0.15, 0.2) is 0 Å². The van der Waals surface area contributed by atoms with Gasteiger partial charge in [-0.15, -0.1) is 0 Å². The van der Waals surface area contributed by atoms with Gasteiger partial charge in [-0.25, -0.2) is 0 Å². The van der Waals surface area contributed by atoms with E-state index in [1.807, 2.05) is 0 Å². The van der Waals surface area contributed by atoms with Crippen molar-refractivity contribution >= 4 is 23.3 Å². The summed E-state index contributed by atoms with van der Waals surface area (Å²) in [6, 6.07) is 0. The Morgan fingerprint density at radius 3 is 2.67 bits per heavy atom. The maximum absolute atomic E-state index is 2.31. The van der Waals surface area contributed by atoms with Crippen LogP contribution in [0.4, 0.5) is 0 Å². The lowest BCUT2D eigenvalue weighted by atomic mass is 10.3. The molecule has 1 aliphatic carbocycles. The summed E-state index contributed by atoms with van der Waals surface area (Å²) >= 11 is 0. The summed E-state index contributed by atoms with van der Waals surface area (Å²) in [6.07, 6.45) is 2.97. The summed E-state index contributed by atoms with van der Waals surface area (Å²) in [5, 5.41) is 3.49. The Morgan fingerprint density at radius 2 is 2.22 bits per heavy atom. The van der Waals surface area contributed by atoms with Gasteiger partial charge in [0.1, 0.15) is 0 Å². The maximum atomic E-state index is 2.31. The summed E-state index contributed by atoms with van der Waals surface area (Å²) in [7, 11) is 4.47. The predicted octanol–water partition coefficient (Wildman–Crippen LogP) is 4.06. The molecule has 0 aromatic carbocycles. The van der Waals surface area contributed by atoms with Gasteiger partial charge in [0.05, 0.1) is 0 Å². The van der Waals surface area contributed by atoms with E-state index in [0.717, 1.165) is 5.92 Å². The lowest BCUT2D eigenvalue weighted by Crippen LogP contribution is -1.69. The Morgan fingerprint density at radius 1 is 1.44 bits per heavy atom. The van der Waals surface area contributed by atoms with Gasteiger partial charge >= 0.3 is 0 Å². The zero-order valence-electron chi connectivity index (χ0n) is 5.39. The van der Waals surface area contributed by atoms with E-state index >= 15 is 0 Å². The molecule has 3 heteroatoms. The molecule has 2 rings (SSSR count). The molecular weight excluding hydrogens is 165 g/mol. The number of aryl methyl sites for hydroxylation is 1. The van der Waals surface area contributed by atoms with E-state index in [2.05, 4.69) is 6.92 Å². The van der Waals surface area contributed by atoms with Gasteiger partial charge in [0, 0.05) is 0 Å². The van der Waals surface area contributed by atoms with Crippen molar-refractivity contribution in [1.29, 1.82) is 0 Å². The second kappa shape index (κ2) is 2.35. The van der Waals surface area contributed by atoms with Gasteiger partial charge in [0.15, 0.2) is 0 Å². The minimum atomic E-state index is 1.04. The Bertz CT molecular complexity index is 212. The van der Waals surface area contributed by atoms with Gasteiger partial charge in [-0.3, -0.25) is 0 Å². The average molecular weight is 174 g/mol. The van der Waals surface area contributed by atoms with Crippen LogP contribution in [0.1, 0.15) is 29.4 Å². The van der Waals surface area contributed by atoms with E-state index in [1.165, 1.54) is 20.4 Å². The number of hydrogen-bond acceptors (Lipinski definition) is 0. The summed E-state index contributed by atoms with van der Waals surface area (Å²) in [6.45, 7) is 2.31. The Hall–Kier alpha value is 0.640. The molecule has 0 aliphatic heterocycles. The van der Waals surface area contributed by atoms with E-state index in [-0.39, 0.29) is 0 Å². The molecule has 48 valence electrons. The molecule has 0 radical (unpaired) electrons. The van der Waals surface area contributed by atoms with Crippen molar-refractivity contribution < 1.29 is 0 Å². The van der Waals surface area contributed by atoms with Gasteiger partial charge < -0.3 is 0 Å². The quantitative estimate of drug-likeness (QED) is 0.602. The van der Waals surface area contributed by atoms with Crippen molar-refractivity contribution in [3.05, 3.63) is 10.6 Å². The van der Waals surface area contributed by atoms with Crippen LogP contribution in [0.3, 0.4) is 0 Å². The number of rotatable bonds is 1. The molecule has 0 nitrogen and oxygen atoms in total. The SMILES string of the molecule is Cc1p[pH]pc1C1CC1. The Labute approximate surface area is 60.1 Å². The van der Waals surface area contributed by atoms with Crippen molar-refractivity contribution in [2.45, 2.75) is 25.7 Å². The van der Waals surface area contributed by atoms with Crippen molar-refractivity contribution in [2.24, 2.45) is 0 Å². The molecule has 1 heterocycles. The van der Waals surface area contributed by atoms with Crippen molar-refractivity contribution in [1.82, 2.24) is 0 Å². The third-order valence-corrected chi connectivity index (χ3v) is 7.75. The first kappa shape index (κ1) is 6.36. The summed E-state index contributed by atoms with van der Waals surface area (Å²) < 4.78 is 0. The van der Waals surface area contributed by atoms with Gasteiger partial charge in [-0.05, 0) is 52.0 Å². The fourth-order valence-corrected chi connectivity index (χ4v) is 8.21. The lowest BCUT2D eigenvalue weighted by Gasteiger charge is -1.89. The molecule has 1 saturated carbocycles. The van der Waals surface area contributed by atoms with E-state index in [4.69, 9.17) is 0 Å². The fourth-order valence-electron chi connectivity index (χ4n) is 1.04. The van der Waals surface area contributed by atoms with Crippen LogP contribution in [0.5, 0.6) is 0 Å². The van der Waals surface area contributed by atoms with Crippen molar-refractivity contribution in [3.8, 4) is 0 Å². The van der Waals surface area contributed by atoms with Crippen LogP contribution in [0, 0.1) is 6.92 Å².